The molecule has 0 rings (SSSR count). The molecule has 0 atom stereocenters. The van der Waals surface area contributed by atoms with Gasteiger partial charge in [0.25, 0.3) is 0 Å². The van der Waals surface area contributed by atoms with Gasteiger partial charge in [0.05, 0.1) is 13.1 Å². The summed E-state index contributed by atoms with van der Waals surface area (Å²) in [6.45, 7) is 5.88. The van der Waals surface area contributed by atoms with Gasteiger partial charge in [0.2, 0.25) is 0 Å². The highest BCUT2D eigenvalue weighted by Gasteiger charge is 1.76. The fourth-order valence-corrected chi connectivity index (χ4v) is 0.400. The zero-order chi connectivity index (χ0) is 6.24. The molecule has 0 aliphatic rings. The van der Waals surface area contributed by atoms with Crippen LogP contribution < -0.4 is 0 Å². The lowest BCUT2D eigenvalue weighted by molar-refractivity contribution is 0.760. The highest BCUT2D eigenvalue weighted by Crippen LogP contribution is 1.86. The molecule has 0 unspecified atom stereocenters. The Balaban J connectivity index is 2.80. The first kappa shape index (κ1) is 7.60. The van der Waals surface area contributed by atoms with Crippen LogP contribution in [0, 0.1) is 0 Å². The first-order valence-electron chi connectivity index (χ1n) is 3.25. The average Bonchev–Trinajstić information content (AvgIpc) is 1.81. The Morgan fingerprint density at radius 1 is 1.12 bits per heavy atom. The van der Waals surface area contributed by atoms with E-state index in [1.165, 1.54) is 12.8 Å². The minimum absolute atomic E-state index is 0.823. The molecule has 0 aromatic carbocycles. The van der Waals surface area contributed by atoms with Gasteiger partial charge in [0, 0.05) is 0 Å². The highest BCUT2D eigenvalue weighted by atomic mass is 15.1. The summed E-state index contributed by atoms with van der Waals surface area (Å²) in [6, 6.07) is 0. The molecule has 0 heterocycles. The number of nitrogens with zero attached hydrogens (tertiary/aromatic N) is 2. The molecule has 0 aliphatic carbocycles. The second kappa shape index (κ2) is 6.60. The molecule has 0 radical (unpaired) electrons. The predicted molar refractivity (Wildman–Crippen MR) is 35.2 cm³/mol. The maximum Gasteiger partial charge on any atom is 0.0598 e. The summed E-state index contributed by atoms with van der Waals surface area (Å²) in [4.78, 5) is 0. The summed E-state index contributed by atoms with van der Waals surface area (Å²) in [5, 5.41) is 7.74. The summed E-state index contributed by atoms with van der Waals surface area (Å²) in [6.07, 6.45) is 2.38. The fourth-order valence-electron chi connectivity index (χ4n) is 0.400. The van der Waals surface area contributed by atoms with E-state index in [9.17, 15) is 0 Å². The Hall–Kier alpha value is -0.400. The van der Waals surface area contributed by atoms with Crippen LogP contribution in [0.1, 0.15) is 26.7 Å². The van der Waals surface area contributed by atoms with Crippen LogP contribution in [0.15, 0.2) is 10.2 Å². The number of hydrogen-bond donors (Lipinski definition) is 0. The molecule has 2 nitrogen and oxygen atoms in total. The van der Waals surface area contributed by atoms with Crippen LogP contribution in [0.3, 0.4) is 0 Å². The van der Waals surface area contributed by atoms with Crippen LogP contribution in [0.4, 0.5) is 0 Å². The average molecular weight is 114 g/mol. The Morgan fingerprint density at radius 2 is 1.88 bits per heavy atom. The Kier molecular flexibility index (Phi) is 6.27. The number of azo groups is 1. The van der Waals surface area contributed by atoms with Gasteiger partial charge >= 0.3 is 0 Å². The lowest BCUT2D eigenvalue weighted by Gasteiger charge is -1.85. The van der Waals surface area contributed by atoms with Gasteiger partial charge in [-0.05, 0) is 13.3 Å². The summed E-state index contributed by atoms with van der Waals surface area (Å²) in [5.74, 6) is 0. The third-order valence-electron chi connectivity index (χ3n) is 0.853. The second-order valence-electron chi connectivity index (χ2n) is 1.68. The van der Waals surface area contributed by atoms with Crippen LogP contribution in [-0.4, -0.2) is 13.1 Å². The number of unbranched alkanes of at least 4 members (excludes halogenated alkanes) is 1. The molecule has 0 aromatic rings. The van der Waals surface area contributed by atoms with Gasteiger partial charge in [-0.25, -0.2) is 0 Å². The Morgan fingerprint density at radius 3 is 2.38 bits per heavy atom. The van der Waals surface area contributed by atoms with Crippen molar-refractivity contribution in [2.45, 2.75) is 26.7 Å². The van der Waals surface area contributed by atoms with E-state index in [0.717, 1.165) is 13.1 Å². The lowest BCUT2D eigenvalue weighted by Crippen LogP contribution is -1.76. The van der Waals surface area contributed by atoms with Crippen molar-refractivity contribution >= 4 is 0 Å². The van der Waals surface area contributed by atoms with E-state index in [2.05, 4.69) is 17.2 Å². The summed E-state index contributed by atoms with van der Waals surface area (Å²) < 4.78 is 0. The van der Waals surface area contributed by atoms with Gasteiger partial charge in [-0.1, -0.05) is 13.3 Å². The van der Waals surface area contributed by atoms with E-state index in [-0.39, 0.29) is 0 Å². The molecular formula is C6H14N2. The quantitative estimate of drug-likeness (QED) is 0.395. The van der Waals surface area contributed by atoms with Gasteiger partial charge in [-0.3, -0.25) is 0 Å². The predicted octanol–water partition coefficient (Wildman–Crippen LogP) is 2.26. The molecule has 0 bridgehead atoms. The lowest BCUT2D eigenvalue weighted by atomic mass is 10.3. The van der Waals surface area contributed by atoms with Gasteiger partial charge in [0.1, 0.15) is 0 Å². The van der Waals surface area contributed by atoms with Gasteiger partial charge in [0.15, 0.2) is 0 Å². The van der Waals surface area contributed by atoms with E-state index in [1.807, 2.05) is 6.92 Å². The molecule has 8 heavy (non-hydrogen) atoms. The Bertz CT molecular complexity index is 59.5. The van der Waals surface area contributed by atoms with E-state index in [0.29, 0.717) is 0 Å². The summed E-state index contributed by atoms with van der Waals surface area (Å²) in [7, 11) is 0. The maximum absolute atomic E-state index is 3.90. The third-order valence-corrected chi connectivity index (χ3v) is 0.853. The van der Waals surface area contributed by atoms with E-state index in [1.54, 1.807) is 0 Å². The van der Waals surface area contributed by atoms with Crippen molar-refractivity contribution in [2.75, 3.05) is 13.1 Å². The maximum atomic E-state index is 3.90. The topological polar surface area (TPSA) is 24.7 Å². The summed E-state index contributed by atoms with van der Waals surface area (Å²) >= 11 is 0. The van der Waals surface area contributed by atoms with Gasteiger partial charge < -0.3 is 0 Å². The van der Waals surface area contributed by atoms with Crippen molar-refractivity contribution in [2.24, 2.45) is 10.2 Å². The van der Waals surface area contributed by atoms with E-state index < -0.39 is 0 Å². The highest BCUT2D eigenvalue weighted by molar-refractivity contribution is 4.36. The third kappa shape index (κ3) is 5.60. The van der Waals surface area contributed by atoms with E-state index in [4.69, 9.17) is 0 Å². The van der Waals surface area contributed by atoms with Crippen LogP contribution >= 0.6 is 0 Å². The van der Waals surface area contributed by atoms with E-state index >= 15 is 0 Å². The Labute approximate surface area is 51.0 Å². The molecule has 0 amide bonds. The van der Waals surface area contributed by atoms with Crippen LogP contribution in [0.5, 0.6) is 0 Å². The molecule has 0 fully saturated rings. The van der Waals surface area contributed by atoms with Crippen molar-refractivity contribution < 1.29 is 0 Å². The zero-order valence-corrected chi connectivity index (χ0v) is 5.72. The SMILES string of the molecule is CCCCN=NCC. The standard InChI is InChI=1S/C6H14N2/c1-3-5-6-8-7-4-2/h3-6H2,1-2H3. The smallest absolute Gasteiger partial charge is 0.0598 e. The molecule has 0 N–H and O–H groups in total. The van der Waals surface area contributed by atoms with Gasteiger partial charge in [-0.15, -0.1) is 0 Å². The van der Waals surface area contributed by atoms with Gasteiger partial charge in [-0.2, -0.15) is 10.2 Å². The van der Waals surface area contributed by atoms with Crippen molar-refractivity contribution in [3.63, 3.8) is 0 Å². The first-order chi connectivity index (χ1) is 3.91. The zero-order valence-electron chi connectivity index (χ0n) is 5.72. The van der Waals surface area contributed by atoms with Crippen molar-refractivity contribution in [1.29, 1.82) is 0 Å². The minimum Gasteiger partial charge on any atom is -0.195 e. The molecule has 0 aromatic heterocycles. The normalized spacial score (nSPS) is 10.8. The van der Waals surface area contributed by atoms with Crippen molar-refractivity contribution in [3.05, 3.63) is 0 Å². The number of rotatable bonds is 4. The van der Waals surface area contributed by atoms with Crippen molar-refractivity contribution in [3.8, 4) is 0 Å². The van der Waals surface area contributed by atoms with Crippen LogP contribution in [-0.2, 0) is 0 Å². The largest absolute Gasteiger partial charge is 0.195 e. The number of hydrogen-bond acceptors (Lipinski definition) is 2. The molecule has 2 heteroatoms. The van der Waals surface area contributed by atoms with Crippen LogP contribution in [0.2, 0.25) is 0 Å². The summed E-state index contributed by atoms with van der Waals surface area (Å²) in [5.41, 5.74) is 0. The molecular weight excluding hydrogens is 100 g/mol. The molecule has 0 spiro atoms. The molecule has 0 saturated heterocycles. The van der Waals surface area contributed by atoms with Crippen LogP contribution in [0.25, 0.3) is 0 Å². The van der Waals surface area contributed by atoms with Crippen molar-refractivity contribution in [1.82, 2.24) is 0 Å². The minimum atomic E-state index is 0.823. The second-order valence-corrected chi connectivity index (χ2v) is 1.68. The fraction of sp³-hybridized carbons (Fsp3) is 1.00. The molecule has 0 saturated carbocycles. The monoisotopic (exact) mass is 114 g/mol. The molecule has 48 valence electrons. The first-order valence-corrected chi connectivity index (χ1v) is 3.25. The molecule has 0 aliphatic heterocycles.